The highest BCUT2D eigenvalue weighted by molar-refractivity contribution is 5.51. The third-order valence-corrected chi connectivity index (χ3v) is 3.88. The van der Waals surface area contributed by atoms with E-state index in [0.29, 0.717) is 0 Å². The molecule has 100 valence electrons. The van der Waals surface area contributed by atoms with E-state index in [4.69, 9.17) is 0 Å². The molecule has 0 amide bonds. The van der Waals surface area contributed by atoms with Gasteiger partial charge in [0.1, 0.15) is 12.7 Å². The summed E-state index contributed by atoms with van der Waals surface area (Å²) in [5.74, 6) is 0.840. The van der Waals surface area contributed by atoms with E-state index in [1.54, 1.807) is 12.7 Å². The Morgan fingerprint density at radius 3 is 2.68 bits per heavy atom. The molecule has 2 aromatic rings. The highest BCUT2D eigenvalue weighted by Gasteiger charge is 2.12. The van der Waals surface area contributed by atoms with Crippen molar-refractivity contribution in [1.29, 1.82) is 0 Å². The second-order valence-electron chi connectivity index (χ2n) is 5.30. The van der Waals surface area contributed by atoms with Crippen molar-refractivity contribution in [2.45, 2.75) is 32.1 Å². The average molecular weight is 256 g/mol. The van der Waals surface area contributed by atoms with Crippen LogP contribution in [0.15, 0.2) is 36.9 Å². The molecular formula is C15H20N4. The molecule has 0 atom stereocenters. The molecule has 1 fully saturated rings. The third kappa shape index (κ3) is 3.13. The zero-order valence-electron chi connectivity index (χ0n) is 11.1. The van der Waals surface area contributed by atoms with E-state index < -0.39 is 0 Å². The smallest absolute Gasteiger partial charge is 0.123 e. The Bertz CT molecular complexity index is 501. The fourth-order valence-electron chi connectivity index (χ4n) is 2.76. The molecule has 0 aliphatic heterocycles. The van der Waals surface area contributed by atoms with Gasteiger partial charge in [0.25, 0.3) is 0 Å². The quantitative estimate of drug-likeness (QED) is 0.913. The third-order valence-electron chi connectivity index (χ3n) is 3.88. The van der Waals surface area contributed by atoms with Gasteiger partial charge in [-0.15, -0.1) is 10.2 Å². The first-order valence-corrected chi connectivity index (χ1v) is 7.11. The second-order valence-corrected chi connectivity index (χ2v) is 5.30. The van der Waals surface area contributed by atoms with Crippen LogP contribution in [0.4, 0.5) is 5.69 Å². The number of nitrogens with zero attached hydrogens (tertiary/aromatic N) is 3. The summed E-state index contributed by atoms with van der Waals surface area (Å²) in [7, 11) is 0. The van der Waals surface area contributed by atoms with Crippen LogP contribution in [0.3, 0.4) is 0 Å². The van der Waals surface area contributed by atoms with Crippen molar-refractivity contribution in [2.24, 2.45) is 5.92 Å². The molecule has 0 spiro atoms. The number of hydrogen-bond donors (Lipinski definition) is 1. The van der Waals surface area contributed by atoms with E-state index in [1.165, 1.54) is 37.8 Å². The van der Waals surface area contributed by atoms with E-state index in [0.717, 1.165) is 18.2 Å². The summed E-state index contributed by atoms with van der Waals surface area (Å²) in [5, 5.41) is 11.2. The summed E-state index contributed by atoms with van der Waals surface area (Å²) < 4.78 is 1.92. The Balaban J connectivity index is 1.63. The van der Waals surface area contributed by atoms with E-state index in [1.807, 2.05) is 4.57 Å². The summed E-state index contributed by atoms with van der Waals surface area (Å²) in [6.45, 7) is 1.09. The van der Waals surface area contributed by atoms with Crippen LogP contribution in [-0.2, 0) is 0 Å². The molecule has 0 unspecified atom stereocenters. The lowest BCUT2D eigenvalue weighted by Crippen LogP contribution is -2.17. The molecule has 0 bridgehead atoms. The maximum atomic E-state index is 3.84. The van der Waals surface area contributed by atoms with Crippen molar-refractivity contribution in [1.82, 2.24) is 14.8 Å². The molecule has 1 heterocycles. The van der Waals surface area contributed by atoms with Crippen LogP contribution in [0, 0.1) is 5.92 Å². The number of anilines is 1. The largest absolute Gasteiger partial charge is 0.385 e. The van der Waals surface area contributed by atoms with Crippen LogP contribution < -0.4 is 5.32 Å². The zero-order chi connectivity index (χ0) is 12.9. The van der Waals surface area contributed by atoms with E-state index in [-0.39, 0.29) is 0 Å². The Hall–Kier alpha value is -1.84. The monoisotopic (exact) mass is 256 g/mol. The molecule has 4 heteroatoms. The number of hydrogen-bond acceptors (Lipinski definition) is 3. The van der Waals surface area contributed by atoms with Gasteiger partial charge in [-0.25, -0.2) is 0 Å². The predicted octanol–water partition coefficient (Wildman–Crippen LogP) is 3.26. The predicted molar refractivity (Wildman–Crippen MR) is 76.4 cm³/mol. The summed E-state index contributed by atoms with van der Waals surface area (Å²) in [4.78, 5) is 0. The van der Waals surface area contributed by atoms with Crippen LogP contribution in [-0.4, -0.2) is 21.3 Å². The molecule has 1 N–H and O–H groups in total. The molecule has 19 heavy (non-hydrogen) atoms. The lowest BCUT2D eigenvalue weighted by molar-refractivity contribution is 0.373. The fourth-order valence-corrected chi connectivity index (χ4v) is 2.76. The van der Waals surface area contributed by atoms with Gasteiger partial charge in [-0.05, 0) is 37.0 Å². The van der Waals surface area contributed by atoms with Crippen molar-refractivity contribution >= 4 is 5.69 Å². The van der Waals surface area contributed by atoms with Crippen LogP contribution in [0.5, 0.6) is 0 Å². The van der Waals surface area contributed by atoms with E-state index in [2.05, 4.69) is 39.8 Å². The van der Waals surface area contributed by atoms with Crippen molar-refractivity contribution < 1.29 is 0 Å². The van der Waals surface area contributed by atoms with Gasteiger partial charge in [-0.2, -0.15) is 0 Å². The van der Waals surface area contributed by atoms with Crippen LogP contribution in [0.25, 0.3) is 5.69 Å². The molecular weight excluding hydrogens is 236 g/mol. The fraction of sp³-hybridized carbons (Fsp3) is 0.467. The zero-order valence-corrected chi connectivity index (χ0v) is 11.1. The van der Waals surface area contributed by atoms with Crippen LogP contribution in [0.2, 0.25) is 0 Å². The standard InChI is InChI=1S/C15H20N4/c1-2-5-13(6-3-1)10-16-14-7-4-8-15(9-14)19-11-17-18-12-19/h4,7-9,11-13,16H,1-3,5-6,10H2. The molecule has 1 aliphatic carbocycles. The van der Waals surface area contributed by atoms with E-state index in [9.17, 15) is 0 Å². The van der Waals surface area contributed by atoms with Crippen molar-refractivity contribution in [3.8, 4) is 5.69 Å². The van der Waals surface area contributed by atoms with Gasteiger partial charge in [0.15, 0.2) is 0 Å². The highest BCUT2D eigenvalue weighted by atomic mass is 15.2. The van der Waals surface area contributed by atoms with Gasteiger partial charge in [-0.3, -0.25) is 4.57 Å². The Labute approximate surface area is 113 Å². The first-order valence-electron chi connectivity index (χ1n) is 7.11. The average Bonchev–Trinajstić information content (AvgIpc) is 3.01. The topological polar surface area (TPSA) is 42.7 Å². The Morgan fingerprint density at radius 2 is 1.89 bits per heavy atom. The second kappa shape index (κ2) is 5.87. The van der Waals surface area contributed by atoms with Gasteiger partial charge >= 0.3 is 0 Å². The summed E-state index contributed by atoms with van der Waals surface area (Å²) >= 11 is 0. The van der Waals surface area contributed by atoms with Gasteiger partial charge in [0.05, 0.1) is 5.69 Å². The van der Waals surface area contributed by atoms with Gasteiger partial charge < -0.3 is 5.32 Å². The van der Waals surface area contributed by atoms with Crippen molar-refractivity contribution in [3.63, 3.8) is 0 Å². The van der Waals surface area contributed by atoms with Gasteiger partial charge in [-0.1, -0.05) is 25.3 Å². The number of rotatable bonds is 4. The molecule has 1 aromatic heterocycles. The number of aromatic nitrogens is 3. The van der Waals surface area contributed by atoms with E-state index >= 15 is 0 Å². The van der Waals surface area contributed by atoms with Crippen LogP contribution >= 0.6 is 0 Å². The lowest BCUT2D eigenvalue weighted by atomic mass is 9.89. The first-order chi connectivity index (χ1) is 9.42. The molecule has 1 saturated carbocycles. The summed E-state index contributed by atoms with van der Waals surface area (Å²) in [6.07, 6.45) is 10.4. The normalized spacial score (nSPS) is 16.4. The van der Waals surface area contributed by atoms with Gasteiger partial charge in [0.2, 0.25) is 0 Å². The Kier molecular flexibility index (Phi) is 3.77. The van der Waals surface area contributed by atoms with Gasteiger partial charge in [0, 0.05) is 12.2 Å². The molecule has 3 rings (SSSR count). The maximum Gasteiger partial charge on any atom is 0.123 e. The van der Waals surface area contributed by atoms with Crippen LogP contribution in [0.1, 0.15) is 32.1 Å². The van der Waals surface area contributed by atoms with Crippen molar-refractivity contribution in [2.75, 3.05) is 11.9 Å². The molecule has 4 nitrogen and oxygen atoms in total. The molecule has 1 aliphatic rings. The highest BCUT2D eigenvalue weighted by Crippen LogP contribution is 2.24. The molecule has 1 aromatic carbocycles. The lowest BCUT2D eigenvalue weighted by Gasteiger charge is -2.22. The minimum absolute atomic E-state index is 0.840. The first kappa shape index (κ1) is 12.2. The minimum Gasteiger partial charge on any atom is -0.385 e. The summed E-state index contributed by atoms with van der Waals surface area (Å²) in [6, 6.07) is 8.40. The molecule has 0 radical (unpaired) electrons. The Morgan fingerprint density at radius 1 is 1.11 bits per heavy atom. The van der Waals surface area contributed by atoms with Crippen molar-refractivity contribution in [3.05, 3.63) is 36.9 Å². The number of benzene rings is 1. The molecule has 0 saturated heterocycles. The number of nitrogens with one attached hydrogen (secondary N) is 1. The maximum absolute atomic E-state index is 3.84. The summed E-state index contributed by atoms with van der Waals surface area (Å²) in [5.41, 5.74) is 2.27. The SMILES string of the molecule is c1cc(NCC2CCCCC2)cc(-n2cnnc2)c1. The minimum atomic E-state index is 0.840.